The summed E-state index contributed by atoms with van der Waals surface area (Å²) < 4.78 is 11.1. The number of rotatable bonds is 15. The van der Waals surface area contributed by atoms with Gasteiger partial charge in [0.1, 0.15) is 30.2 Å². The summed E-state index contributed by atoms with van der Waals surface area (Å²) in [6.45, 7) is 3.22. The summed E-state index contributed by atoms with van der Waals surface area (Å²) in [6.07, 6.45) is 14.2. The normalized spacial score (nSPS) is 25.6. The molecule has 1 aliphatic rings. The zero-order valence-corrected chi connectivity index (χ0v) is 19.5. The standard InChI is InChI=1S/C27H40O6/c1-2-3-4-5-6-7-8-9-10-11-12-13-14-16-21-17-15-18-22(19-21)32-27-26(31)25(30)24(29)23(20-28)33-27/h2,4-5,7-8,15,17-19,23-31H,1,3,6,9-14,16,20H2/b5-4-,8-7-/t23-,24-,25+,26-,27?/m1/s1. The Bertz CT molecular complexity index is 729. The maximum absolute atomic E-state index is 10.1. The molecule has 5 atom stereocenters. The number of benzene rings is 1. The lowest BCUT2D eigenvalue weighted by atomic mass is 9.99. The van der Waals surface area contributed by atoms with Gasteiger partial charge in [0.05, 0.1) is 6.61 Å². The first-order chi connectivity index (χ1) is 16.1. The third-order valence-electron chi connectivity index (χ3n) is 5.74. The second-order valence-corrected chi connectivity index (χ2v) is 8.47. The van der Waals surface area contributed by atoms with Crippen molar-refractivity contribution in [2.24, 2.45) is 0 Å². The van der Waals surface area contributed by atoms with Gasteiger partial charge in [-0.25, -0.2) is 0 Å². The van der Waals surface area contributed by atoms with Crippen LogP contribution in [0.1, 0.15) is 56.9 Å². The van der Waals surface area contributed by atoms with Crippen LogP contribution in [-0.2, 0) is 11.2 Å². The summed E-state index contributed by atoms with van der Waals surface area (Å²) in [5.74, 6) is 0.517. The molecular weight excluding hydrogens is 420 g/mol. The molecule has 0 aromatic heterocycles. The van der Waals surface area contributed by atoms with Crippen LogP contribution in [0.4, 0.5) is 0 Å². The van der Waals surface area contributed by atoms with Crippen molar-refractivity contribution >= 4 is 0 Å². The van der Waals surface area contributed by atoms with E-state index in [-0.39, 0.29) is 0 Å². The highest BCUT2D eigenvalue weighted by molar-refractivity contribution is 5.28. The second kappa shape index (κ2) is 15.8. The molecule has 6 heteroatoms. The Morgan fingerprint density at radius 3 is 2.39 bits per heavy atom. The Morgan fingerprint density at radius 1 is 0.879 bits per heavy atom. The van der Waals surface area contributed by atoms with Gasteiger partial charge in [0.2, 0.25) is 6.29 Å². The first kappa shape index (κ1) is 27.3. The third-order valence-corrected chi connectivity index (χ3v) is 5.74. The van der Waals surface area contributed by atoms with E-state index < -0.39 is 37.3 Å². The number of ether oxygens (including phenoxy) is 2. The number of hydrogen-bond acceptors (Lipinski definition) is 6. The molecule has 0 aliphatic carbocycles. The second-order valence-electron chi connectivity index (χ2n) is 8.47. The Hall–Kier alpha value is -1.96. The molecule has 0 spiro atoms. The third kappa shape index (κ3) is 9.82. The van der Waals surface area contributed by atoms with Gasteiger partial charge in [-0.05, 0) is 56.2 Å². The molecule has 0 saturated carbocycles. The molecule has 6 nitrogen and oxygen atoms in total. The van der Waals surface area contributed by atoms with E-state index in [1.54, 1.807) is 6.07 Å². The van der Waals surface area contributed by atoms with Gasteiger partial charge in [-0.2, -0.15) is 0 Å². The molecule has 0 amide bonds. The fourth-order valence-electron chi connectivity index (χ4n) is 3.78. The van der Waals surface area contributed by atoms with Gasteiger partial charge in [-0.3, -0.25) is 0 Å². The topological polar surface area (TPSA) is 99.4 Å². The molecule has 33 heavy (non-hydrogen) atoms. The van der Waals surface area contributed by atoms with E-state index in [0.717, 1.165) is 37.7 Å². The lowest BCUT2D eigenvalue weighted by Crippen LogP contribution is -2.60. The molecule has 1 heterocycles. The van der Waals surface area contributed by atoms with Crippen molar-refractivity contribution in [3.63, 3.8) is 0 Å². The van der Waals surface area contributed by atoms with Gasteiger partial charge in [0.25, 0.3) is 0 Å². The van der Waals surface area contributed by atoms with Gasteiger partial charge in [-0.15, -0.1) is 6.58 Å². The molecule has 2 rings (SSSR count). The first-order valence-electron chi connectivity index (χ1n) is 12.0. The minimum absolute atomic E-state index is 0.478. The Morgan fingerprint density at radius 2 is 1.61 bits per heavy atom. The summed E-state index contributed by atoms with van der Waals surface area (Å²) in [4.78, 5) is 0. The van der Waals surface area contributed by atoms with Crippen LogP contribution in [0.2, 0.25) is 0 Å². The minimum Gasteiger partial charge on any atom is -0.462 e. The molecule has 0 radical (unpaired) electrons. The first-order valence-corrected chi connectivity index (χ1v) is 12.0. The lowest BCUT2D eigenvalue weighted by molar-refractivity contribution is -0.277. The predicted molar refractivity (Wildman–Crippen MR) is 130 cm³/mol. The highest BCUT2D eigenvalue weighted by Crippen LogP contribution is 2.25. The zero-order valence-electron chi connectivity index (χ0n) is 19.5. The van der Waals surface area contributed by atoms with Gasteiger partial charge >= 0.3 is 0 Å². The predicted octanol–water partition coefficient (Wildman–Crippen LogP) is 3.83. The van der Waals surface area contributed by atoms with E-state index in [4.69, 9.17) is 9.47 Å². The van der Waals surface area contributed by atoms with Crippen molar-refractivity contribution in [3.8, 4) is 5.75 Å². The number of aliphatic hydroxyl groups is 4. The Labute approximate surface area is 197 Å². The Balaban J connectivity index is 1.64. The van der Waals surface area contributed by atoms with Crippen molar-refractivity contribution in [2.45, 2.75) is 88.5 Å². The van der Waals surface area contributed by atoms with Crippen molar-refractivity contribution in [1.82, 2.24) is 0 Å². The van der Waals surface area contributed by atoms with Gasteiger partial charge in [-0.1, -0.05) is 61.8 Å². The van der Waals surface area contributed by atoms with Crippen LogP contribution in [0.5, 0.6) is 5.75 Å². The van der Waals surface area contributed by atoms with Crippen LogP contribution in [0.25, 0.3) is 0 Å². The number of allylic oxidation sites excluding steroid dienone is 5. The van der Waals surface area contributed by atoms with E-state index in [0.29, 0.717) is 5.75 Å². The molecule has 1 aliphatic heterocycles. The van der Waals surface area contributed by atoms with Crippen molar-refractivity contribution < 1.29 is 29.9 Å². The number of aryl methyl sites for hydroxylation is 1. The summed E-state index contributed by atoms with van der Waals surface area (Å²) in [7, 11) is 0. The molecule has 4 N–H and O–H groups in total. The van der Waals surface area contributed by atoms with Crippen LogP contribution in [-0.4, -0.2) is 57.7 Å². The SMILES string of the molecule is C=CC/C=C\C/C=C\CCCCCCCc1cccc(OC2O[C@H](CO)[C@@H](O)[C@H](O)[C@H]2O)c1. The summed E-state index contributed by atoms with van der Waals surface area (Å²) in [6, 6.07) is 7.57. The lowest BCUT2D eigenvalue weighted by Gasteiger charge is -2.39. The summed E-state index contributed by atoms with van der Waals surface area (Å²) in [5.41, 5.74) is 1.13. The summed E-state index contributed by atoms with van der Waals surface area (Å²) in [5, 5.41) is 39.2. The average Bonchev–Trinajstić information content (AvgIpc) is 2.82. The molecule has 1 aromatic rings. The van der Waals surface area contributed by atoms with Crippen LogP contribution in [0.15, 0.2) is 61.2 Å². The van der Waals surface area contributed by atoms with E-state index in [9.17, 15) is 20.4 Å². The molecule has 0 bridgehead atoms. The Kier molecular flexibility index (Phi) is 13.1. The fraction of sp³-hybridized carbons (Fsp3) is 0.556. The number of unbranched alkanes of at least 4 members (excludes halogenated alkanes) is 5. The van der Waals surface area contributed by atoms with Crippen LogP contribution < -0.4 is 4.74 Å². The fourth-order valence-corrected chi connectivity index (χ4v) is 3.78. The average molecular weight is 461 g/mol. The largest absolute Gasteiger partial charge is 0.462 e. The smallest absolute Gasteiger partial charge is 0.229 e. The van der Waals surface area contributed by atoms with E-state index in [2.05, 4.69) is 30.9 Å². The zero-order chi connectivity index (χ0) is 23.9. The maximum Gasteiger partial charge on any atom is 0.229 e. The number of hydrogen-bond donors (Lipinski definition) is 4. The van der Waals surface area contributed by atoms with Crippen LogP contribution in [0.3, 0.4) is 0 Å². The minimum atomic E-state index is -1.45. The molecule has 1 unspecified atom stereocenters. The maximum atomic E-state index is 10.1. The monoisotopic (exact) mass is 460 g/mol. The van der Waals surface area contributed by atoms with E-state index in [1.807, 2.05) is 24.3 Å². The quantitative estimate of drug-likeness (QED) is 0.235. The van der Waals surface area contributed by atoms with E-state index >= 15 is 0 Å². The molecule has 1 saturated heterocycles. The van der Waals surface area contributed by atoms with Crippen molar-refractivity contribution in [1.29, 1.82) is 0 Å². The highest BCUT2D eigenvalue weighted by Gasteiger charge is 2.44. The van der Waals surface area contributed by atoms with Crippen molar-refractivity contribution in [3.05, 3.63) is 66.8 Å². The molecule has 1 fully saturated rings. The molecular formula is C27H40O6. The van der Waals surface area contributed by atoms with Crippen LogP contribution >= 0.6 is 0 Å². The van der Waals surface area contributed by atoms with Crippen LogP contribution in [0, 0.1) is 0 Å². The molecule has 1 aromatic carbocycles. The van der Waals surface area contributed by atoms with E-state index in [1.165, 1.54) is 25.7 Å². The van der Waals surface area contributed by atoms with Gasteiger partial charge < -0.3 is 29.9 Å². The molecule has 184 valence electrons. The van der Waals surface area contributed by atoms with Gasteiger partial charge in [0.15, 0.2) is 0 Å². The summed E-state index contributed by atoms with van der Waals surface area (Å²) >= 11 is 0. The van der Waals surface area contributed by atoms with Crippen molar-refractivity contribution in [2.75, 3.05) is 6.61 Å². The number of aliphatic hydroxyl groups excluding tert-OH is 4. The van der Waals surface area contributed by atoms with Gasteiger partial charge in [0, 0.05) is 0 Å². The highest BCUT2D eigenvalue weighted by atomic mass is 16.7.